The number of likely N-dealkylation sites (N-methyl/N-ethyl adjacent to an activating group) is 1. The molecule has 7 N–H and O–H groups in total. The van der Waals surface area contributed by atoms with Crippen LogP contribution >= 0.6 is 0 Å². The third-order valence-corrected chi connectivity index (χ3v) is 6.46. The van der Waals surface area contributed by atoms with Crippen LogP contribution in [0, 0.1) is 0 Å². The summed E-state index contributed by atoms with van der Waals surface area (Å²) in [4.78, 5) is 13.9. The molecule has 0 spiro atoms. The molecule has 1 aliphatic rings. The first-order chi connectivity index (χ1) is 18.1. The van der Waals surface area contributed by atoms with Crippen molar-refractivity contribution in [3.05, 3.63) is 46.6 Å². The van der Waals surface area contributed by atoms with Gasteiger partial charge in [-0.05, 0) is 37.6 Å². The second-order valence-electron chi connectivity index (χ2n) is 10.1. The number of nitrogens with one attached hydrogen (secondary N) is 3. The number of hydrogen-bond donors (Lipinski definition) is 7. The maximum Gasteiger partial charge on any atom is 0.314 e. The Morgan fingerprint density at radius 1 is 1.08 bits per heavy atom. The highest BCUT2D eigenvalue weighted by Crippen LogP contribution is 2.31. The lowest BCUT2D eigenvalue weighted by Crippen LogP contribution is -2.60. The molecule has 5 atom stereocenters. The average molecular weight is 536 g/mol. The lowest BCUT2D eigenvalue weighted by atomic mass is 9.98. The van der Waals surface area contributed by atoms with Gasteiger partial charge >= 0.3 is 6.03 Å². The van der Waals surface area contributed by atoms with E-state index in [2.05, 4.69) is 20.8 Å². The maximum absolute atomic E-state index is 11.9. The fraction of sp³-hybridized carbons (Fsp3) is 0.615. The minimum atomic E-state index is -1.54. The highest BCUT2D eigenvalue weighted by molar-refractivity contribution is 5.73. The van der Waals surface area contributed by atoms with Crippen LogP contribution in [0.3, 0.4) is 0 Å². The van der Waals surface area contributed by atoms with Gasteiger partial charge in [-0.25, -0.2) is 4.79 Å². The molecule has 0 aliphatic carbocycles. The van der Waals surface area contributed by atoms with Gasteiger partial charge in [0.2, 0.25) is 12.2 Å². The van der Waals surface area contributed by atoms with Crippen LogP contribution in [0.15, 0.2) is 24.3 Å². The van der Waals surface area contributed by atoms with E-state index in [0.29, 0.717) is 25.9 Å². The number of aromatic amines is 1. The normalized spacial score (nSPS) is 23.6. The summed E-state index contributed by atoms with van der Waals surface area (Å²) in [7, 11) is 3.90. The predicted octanol–water partition coefficient (Wildman–Crippen LogP) is -0.294. The highest BCUT2D eigenvalue weighted by Gasteiger charge is 2.45. The topological polar surface area (TPSA) is 172 Å². The molecule has 0 unspecified atom stereocenters. The molecule has 2 heterocycles. The van der Waals surface area contributed by atoms with Crippen LogP contribution in [-0.4, -0.2) is 113 Å². The van der Waals surface area contributed by atoms with Gasteiger partial charge in [-0.1, -0.05) is 38.1 Å². The number of nitrogens with zero attached hydrogens (tertiary/aromatic N) is 2. The Morgan fingerprint density at radius 3 is 2.37 bits per heavy atom. The van der Waals surface area contributed by atoms with Crippen molar-refractivity contribution in [2.24, 2.45) is 0 Å². The minimum absolute atomic E-state index is 0.110. The Kier molecular flexibility index (Phi) is 10.9. The second kappa shape index (κ2) is 13.9. The number of rotatable bonds is 12. The Balaban J connectivity index is 1.62. The molecule has 212 valence electrons. The first kappa shape index (κ1) is 29.8. The van der Waals surface area contributed by atoms with Gasteiger partial charge in [0.1, 0.15) is 24.4 Å². The number of carbonyl (C=O) groups excluding carboxylic acids is 1. The Bertz CT molecular complexity index is 1010. The van der Waals surface area contributed by atoms with Crippen molar-refractivity contribution in [2.45, 2.75) is 63.3 Å². The monoisotopic (exact) mass is 535 g/mol. The van der Waals surface area contributed by atoms with Crippen molar-refractivity contribution in [1.82, 2.24) is 25.7 Å². The van der Waals surface area contributed by atoms with E-state index in [0.717, 1.165) is 28.9 Å². The number of aliphatic hydroxyl groups is 4. The summed E-state index contributed by atoms with van der Waals surface area (Å²) in [5.41, 5.74) is 3.72. The summed E-state index contributed by atoms with van der Waals surface area (Å²) >= 11 is 0. The van der Waals surface area contributed by atoms with E-state index in [-0.39, 0.29) is 17.8 Å². The Hall–Kier alpha value is -2.74. The number of aromatic nitrogens is 2. The number of hydrogen-bond acceptors (Lipinski definition) is 9. The Morgan fingerprint density at radius 2 is 1.74 bits per heavy atom. The van der Waals surface area contributed by atoms with Crippen LogP contribution in [0.2, 0.25) is 0 Å². The zero-order chi connectivity index (χ0) is 27.8. The number of urea groups is 1. The van der Waals surface area contributed by atoms with E-state index in [9.17, 15) is 25.2 Å². The van der Waals surface area contributed by atoms with Gasteiger partial charge in [-0.3, -0.25) is 5.10 Å². The number of amides is 2. The van der Waals surface area contributed by atoms with Crippen LogP contribution in [0.1, 0.15) is 42.1 Å². The van der Waals surface area contributed by atoms with Gasteiger partial charge in [0.15, 0.2) is 0 Å². The molecule has 2 aromatic rings. The lowest BCUT2D eigenvalue weighted by Gasteiger charge is -2.39. The lowest BCUT2D eigenvalue weighted by molar-refractivity contribution is -0.278. The fourth-order valence-electron chi connectivity index (χ4n) is 4.19. The minimum Gasteiger partial charge on any atom is -0.443 e. The summed E-state index contributed by atoms with van der Waals surface area (Å²) in [6.45, 7) is 5.37. The van der Waals surface area contributed by atoms with Gasteiger partial charge in [-0.2, -0.15) is 0 Å². The molecule has 0 bridgehead atoms. The second-order valence-corrected chi connectivity index (χ2v) is 10.1. The number of carbonyl (C=O) groups is 1. The summed E-state index contributed by atoms with van der Waals surface area (Å²) in [5.74, 6) is 0.324. The SMILES string of the molecule is CC(C)c1[nH]nc(O[C@@H]2O[C@H](CO)[C@@H](O)[C@H](O)[C@H]2O)c1Cc1ccc(CCNC(=O)NCCN(C)C)cc1. The van der Waals surface area contributed by atoms with Crippen LogP contribution in [0.5, 0.6) is 5.88 Å². The van der Waals surface area contributed by atoms with Crippen molar-refractivity contribution in [3.8, 4) is 5.88 Å². The molecule has 1 fully saturated rings. The molecule has 1 saturated heterocycles. The standard InChI is InChI=1S/C26H41N5O7/c1-15(2)20-18(24(30-29-20)38-25-23(35)22(34)21(33)19(14-32)37-25)13-17-7-5-16(6-8-17)9-10-27-26(36)28-11-12-31(3)4/h5-8,15,19,21-23,25,32-35H,9-14H2,1-4H3,(H,29,30)(H2,27,28,36)/t19-,21-,22+,23-,25+/m1/s1. The van der Waals surface area contributed by atoms with Gasteiger partial charge in [0, 0.05) is 37.3 Å². The van der Waals surface area contributed by atoms with Crippen LogP contribution in [-0.2, 0) is 17.6 Å². The third-order valence-electron chi connectivity index (χ3n) is 6.46. The number of benzene rings is 1. The van der Waals surface area contributed by atoms with Gasteiger partial charge in [0.25, 0.3) is 0 Å². The summed E-state index contributed by atoms with van der Waals surface area (Å²) in [6, 6.07) is 7.84. The van der Waals surface area contributed by atoms with E-state index < -0.39 is 37.3 Å². The Labute approximate surface area is 223 Å². The first-order valence-corrected chi connectivity index (χ1v) is 12.9. The van der Waals surface area contributed by atoms with Crippen molar-refractivity contribution in [1.29, 1.82) is 0 Å². The van der Waals surface area contributed by atoms with E-state index >= 15 is 0 Å². The molecule has 38 heavy (non-hydrogen) atoms. The number of ether oxygens (including phenoxy) is 2. The third kappa shape index (κ3) is 7.88. The zero-order valence-electron chi connectivity index (χ0n) is 22.4. The number of H-pyrrole nitrogens is 1. The molecular formula is C26H41N5O7. The van der Waals surface area contributed by atoms with Crippen molar-refractivity contribution < 1.29 is 34.7 Å². The molecule has 12 nitrogen and oxygen atoms in total. The molecular weight excluding hydrogens is 494 g/mol. The summed E-state index contributed by atoms with van der Waals surface area (Å²) < 4.78 is 11.3. The van der Waals surface area contributed by atoms with Gasteiger partial charge in [0.05, 0.1) is 6.61 Å². The largest absolute Gasteiger partial charge is 0.443 e. The van der Waals surface area contributed by atoms with E-state index in [1.807, 2.05) is 57.1 Å². The van der Waals surface area contributed by atoms with E-state index in [1.54, 1.807) is 0 Å². The van der Waals surface area contributed by atoms with Crippen LogP contribution in [0.25, 0.3) is 0 Å². The van der Waals surface area contributed by atoms with E-state index in [4.69, 9.17) is 9.47 Å². The fourth-order valence-corrected chi connectivity index (χ4v) is 4.19. The molecule has 1 aliphatic heterocycles. The molecule has 2 amide bonds. The van der Waals surface area contributed by atoms with Crippen LogP contribution < -0.4 is 15.4 Å². The highest BCUT2D eigenvalue weighted by atomic mass is 16.7. The summed E-state index contributed by atoms with van der Waals surface area (Å²) in [5, 5.41) is 52.9. The maximum atomic E-state index is 11.9. The molecule has 1 aromatic heterocycles. The summed E-state index contributed by atoms with van der Waals surface area (Å²) in [6.07, 6.45) is -5.74. The van der Waals surface area contributed by atoms with Crippen molar-refractivity contribution in [3.63, 3.8) is 0 Å². The zero-order valence-corrected chi connectivity index (χ0v) is 22.4. The molecule has 12 heteroatoms. The van der Waals surface area contributed by atoms with Crippen molar-refractivity contribution >= 4 is 6.03 Å². The van der Waals surface area contributed by atoms with Gasteiger partial charge < -0.3 is 45.4 Å². The van der Waals surface area contributed by atoms with Crippen LogP contribution in [0.4, 0.5) is 4.79 Å². The quantitative estimate of drug-likeness (QED) is 0.193. The van der Waals surface area contributed by atoms with E-state index in [1.165, 1.54) is 0 Å². The van der Waals surface area contributed by atoms with Crippen molar-refractivity contribution in [2.75, 3.05) is 40.3 Å². The van der Waals surface area contributed by atoms with Gasteiger partial charge in [-0.15, -0.1) is 5.10 Å². The molecule has 3 rings (SSSR count). The first-order valence-electron chi connectivity index (χ1n) is 12.9. The smallest absolute Gasteiger partial charge is 0.314 e. The molecule has 0 saturated carbocycles. The molecule has 0 radical (unpaired) electrons. The number of aliphatic hydroxyl groups excluding tert-OH is 4. The average Bonchev–Trinajstić information content (AvgIpc) is 3.27. The molecule has 1 aromatic carbocycles. The predicted molar refractivity (Wildman–Crippen MR) is 140 cm³/mol.